The fraction of sp³-hybridized carbons (Fsp3) is 0.143. The summed E-state index contributed by atoms with van der Waals surface area (Å²) < 4.78 is 0. The fourth-order valence-electron chi connectivity index (χ4n) is 4.27. The number of nitro groups is 1. The number of nitro benzene ring substituents is 1. The minimum absolute atomic E-state index is 0.0737. The molecule has 8 heteroatoms. The molecule has 8 nitrogen and oxygen atoms in total. The molecule has 2 heterocycles. The smallest absolute Gasteiger partial charge is 0.270 e. The van der Waals surface area contributed by atoms with E-state index in [-0.39, 0.29) is 11.6 Å². The molecule has 36 heavy (non-hydrogen) atoms. The van der Waals surface area contributed by atoms with Gasteiger partial charge in [-0.15, -0.1) is 0 Å². The Hall–Kier alpha value is -4.72. The van der Waals surface area contributed by atoms with Crippen LogP contribution in [0.15, 0.2) is 79.0 Å². The number of fused-ring (bicyclic) bond motifs is 1. The van der Waals surface area contributed by atoms with E-state index in [4.69, 9.17) is 0 Å². The number of benzene rings is 3. The Morgan fingerprint density at radius 2 is 1.81 bits per heavy atom. The fourth-order valence-corrected chi connectivity index (χ4v) is 4.27. The van der Waals surface area contributed by atoms with Crippen molar-refractivity contribution < 1.29 is 9.72 Å². The molecule has 0 bridgehead atoms. The van der Waals surface area contributed by atoms with Crippen molar-refractivity contribution in [2.45, 2.75) is 20.3 Å². The van der Waals surface area contributed by atoms with Gasteiger partial charge in [0.25, 0.3) is 11.6 Å². The molecule has 0 saturated carbocycles. The standard InChI is InChI=1S/C28H25N5O3/c1-17(2)14-25-29-16-24(31-25)18-8-10-20(11-9-18)30-27(19-6-4-3-5-7-19)26-22-15-21(33(35)36)12-13-23(22)32-28(26)34/h3-13,15-17,30H,14H2,1-2H3,(H,29,31)(H,32,34)/b27-26-. The molecular formula is C28H25N5O3. The molecule has 0 spiro atoms. The first kappa shape index (κ1) is 23.0. The van der Waals surface area contributed by atoms with E-state index in [1.807, 2.05) is 60.8 Å². The predicted octanol–water partition coefficient (Wildman–Crippen LogP) is 6.12. The van der Waals surface area contributed by atoms with Crippen molar-refractivity contribution in [1.29, 1.82) is 0 Å². The average Bonchev–Trinajstić information content (AvgIpc) is 3.46. The number of imidazole rings is 1. The highest BCUT2D eigenvalue weighted by Gasteiger charge is 2.30. The first-order valence-corrected chi connectivity index (χ1v) is 11.7. The molecule has 180 valence electrons. The number of nitrogens with zero attached hydrogens (tertiary/aromatic N) is 2. The Morgan fingerprint density at radius 3 is 2.50 bits per heavy atom. The third-order valence-corrected chi connectivity index (χ3v) is 5.95. The van der Waals surface area contributed by atoms with E-state index in [1.54, 1.807) is 6.07 Å². The number of nitrogens with one attached hydrogen (secondary N) is 3. The van der Waals surface area contributed by atoms with Gasteiger partial charge < -0.3 is 15.6 Å². The van der Waals surface area contributed by atoms with Gasteiger partial charge in [-0.05, 0) is 29.7 Å². The number of hydrogen-bond donors (Lipinski definition) is 3. The molecule has 3 N–H and O–H groups in total. The maximum absolute atomic E-state index is 13.0. The lowest BCUT2D eigenvalue weighted by molar-refractivity contribution is -0.384. The van der Waals surface area contributed by atoms with Gasteiger partial charge in [-0.3, -0.25) is 14.9 Å². The van der Waals surface area contributed by atoms with Crippen LogP contribution in [0.4, 0.5) is 17.1 Å². The van der Waals surface area contributed by atoms with Gasteiger partial charge >= 0.3 is 0 Å². The first-order chi connectivity index (χ1) is 17.4. The topological polar surface area (TPSA) is 113 Å². The number of non-ortho nitro benzene ring substituents is 1. The van der Waals surface area contributed by atoms with E-state index >= 15 is 0 Å². The molecule has 1 aliphatic heterocycles. The Balaban J connectivity index is 1.52. The number of aromatic amines is 1. The number of carbonyl (C=O) groups is 1. The average molecular weight is 480 g/mol. The predicted molar refractivity (Wildman–Crippen MR) is 141 cm³/mol. The van der Waals surface area contributed by atoms with Crippen molar-refractivity contribution in [2.75, 3.05) is 10.6 Å². The summed E-state index contributed by atoms with van der Waals surface area (Å²) in [5.74, 6) is 1.15. The van der Waals surface area contributed by atoms with Crippen molar-refractivity contribution in [2.24, 2.45) is 5.92 Å². The van der Waals surface area contributed by atoms with Crippen LogP contribution in [0.1, 0.15) is 30.8 Å². The summed E-state index contributed by atoms with van der Waals surface area (Å²) in [5.41, 5.74) is 5.29. The SMILES string of the molecule is CC(C)Cc1nc(-c2ccc(N/C(=C3\C(=O)Nc4ccc([N+](=O)[O-])cc43)c3ccccc3)cc2)c[nH]1. The van der Waals surface area contributed by atoms with Gasteiger partial charge in [0.1, 0.15) is 5.82 Å². The monoisotopic (exact) mass is 479 g/mol. The number of aromatic nitrogens is 2. The van der Waals surface area contributed by atoms with Crippen LogP contribution in [0.5, 0.6) is 0 Å². The molecule has 5 rings (SSSR count). The van der Waals surface area contributed by atoms with Crippen molar-refractivity contribution in [1.82, 2.24) is 9.97 Å². The molecule has 0 radical (unpaired) electrons. The molecule has 0 unspecified atom stereocenters. The second kappa shape index (κ2) is 9.50. The molecule has 0 fully saturated rings. The zero-order chi connectivity index (χ0) is 25.2. The van der Waals surface area contributed by atoms with Crippen molar-refractivity contribution in [3.05, 3.63) is 106 Å². The highest BCUT2D eigenvalue weighted by atomic mass is 16.6. The van der Waals surface area contributed by atoms with Gasteiger partial charge in [-0.1, -0.05) is 56.3 Å². The van der Waals surface area contributed by atoms with Crippen molar-refractivity contribution >= 4 is 34.2 Å². The van der Waals surface area contributed by atoms with Crippen molar-refractivity contribution in [3.63, 3.8) is 0 Å². The number of hydrogen-bond acceptors (Lipinski definition) is 5. The molecule has 1 amide bonds. The minimum atomic E-state index is -0.462. The second-order valence-corrected chi connectivity index (χ2v) is 9.09. The maximum Gasteiger partial charge on any atom is 0.270 e. The van der Waals surface area contributed by atoms with E-state index in [2.05, 4.69) is 34.4 Å². The van der Waals surface area contributed by atoms with E-state index < -0.39 is 4.92 Å². The van der Waals surface area contributed by atoms with Crippen LogP contribution in [0.3, 0.4) is 0 Å². The van der Waals surface area contributed by atoms with Gasteiger partial charge in [-0.2, -0.15) is 0 Å². The summed E-state index contributed by atoms with van der Waals surface area (Å²) in [6.45, 7) is 4.31. The Bertz CT molecular complexity index is 1470. The van der Waals surface area contributed by atoms with Crippen LogP contribution in [-0.2, 0) is 11.2 Å². The van der Waals surface area contributed by atoms with Crippen LogP contribution < -0.4 is 10.6 Å². The summed E-state index contributed by atoms with van der Waals surface area (Å²) >= 11 is 0. The molecule has 0 aliphatic carbocycles. The lowest BCUT2D eigenvalue weighted by Crippen LogP contribution is -2.10. The van der Waals surface area contributed by atoms with Gasteiger partial charge in [0, 0.05) is 47.3 Å². The number of H-pyrrole nitrogens is 1. The third kappa shape index (κ3) is 4.61. The number of rotatable bonds is 7. The summed E-state index contributed by atoms with van der Waals surface area (Å²) in [7, 11) is 0. The number of amides is 1. The van der Waals surface area contributed by atoms with E-state index in [9.17, 15) is 14.9 Å². The largest absolute Gasteiger partial charge is 0.354 e. The lowest BCUT2D eigenvalue weighted by Gasteiger charge is -2.15. The molecule has 1 aromatic heterocycles. The van der Waals surface area contributed by atoms with Gasteiger partial charge in [0.05, 0.1) is 21.9 Å². The zero-order valence-electron chi connectivity index (χ0n) is 19.9. The van der Waals surface area contributed by atoms with E-state index in [0.717, 1.165) is 34.8 Å². The normalized spacial score (nSPS) is 13.9. The molecule has 1 aliphatic rings. The number of carbonyl (C=O) groups excluding carboxylic acids is 1. The van der Waals surface area contributed by atoms with Gasteiger partial charge in [0.2, 0.25) is 0 Å². The van der Waals surface area contributed by atoms with Crippen molar-refractivity contribution in [3.8, 4) is 11.3 Å². The molecule has 0 saturated heterocycles. The summed E-state index contributed by atoms with van der Waals surface area (Å²) in [5, 5.41) is 17.6. The van der Waals surface area contributed by atoms with E-state index in [1.165, 1.54) is 12.1 Å². The quantitative estimate of drug-likeness (QED) is 0.168. The van der Waals surface area contributed by atoms with Crippen LogP contribution >= 0.6 is 0 Å². The van der Waals surface area contributed by atoms with E-state index in [0.29, 0.717) is 28.4 Å². The highest BCUT2D eigenvalue weighted by Crippen LogP contribution is 2.39. The van der Waals surface area contributed by atoms with Crippen LogP contribution in [-0.4, -0.2) is 20.8 Å². The molecular weight excluding hydrogens is 454 g/mol. The lowest BCUT2D eigenvalue weighted by atomic mass is 9.99. The number of anilines is 2. The Labute approximate surface area is 208 Å². The minimum Gasteiger partial charge on any atom is -0.354 e. The zero-order valence-corrected chi connectivity index (χ0v) is 19.9. The molecule has 3 aromatic carbocycles. The summed E-state index contributed by atoms with van der Waals surface area (Å²) in [6.07, 6.45) is 2.79. The highest BCUT2D eigenvalue weighted by molar-refractivity contribution is 6.37. The Morgan fingerprint density at radius 1 is 1.06 bits per heavy atom. The second-order valence-electron chi connectivity index (χ2n) is 9.09. The molecule has 0 atom stereocenters. The van der Waals surface area contributed by atoms with Gasteiger partial charge in [0.15, 0.2) is 0 Å². The first-order valence-electron chi connectivity index (χ1n) is 11.7. The summed E-state index contributed by atoms with van der Waals surface area (Å²) in [6, 6.07) is 21.6. The Kier molecular flexibility index (Phi) is 6.08. The van der Waals surface area contributed by atoms with Crippen LogP contribution in [0.2, 0.25) is 0 Å². The van der Waals surface area contributed by atoms with Gasteiger partial charge in [-0.25, -0.2) is 4.98 Å². The van der Waals surface area contributed by atoms with Crippen LogP contribution in [0, 0.1) is 16.0 Å². The van der Waals surface area contributed by atoms with Crippen LogP contribution in [0.25, 0.3) is 22.5 Å². The molecule has 4 aromatic rings. The maximum atomic E-state index is 13.0. The summed E-state index contributed by atoms with van der Waals surface area (Å²) in [4.78, 5) is 31.9. The third-order valence-electron chi connectivity index (χ3n) is 5.95.